The topological polar surface area (TPSA) is 46.5 Å². The van der Waals surface area contributed by atoms with Gasteiger partial charge in [0.25, 0.3) is 0 Å². The van der Waals surface area contributed by atoms with E-state index in [4.69, 9.17) is 9.84 Å². The molecule has 5 heteroatoms. The summed E-state index contributed by atoms with van der Waals surface area (Å²) in [6, 6.07) is 33.3. The van der Waals surface area contributed by atoms with Gasteiger partial charge in [0.15, 0.2) is 6.61 Å². The zero-order valence-corrected chi connectivity index (χ0v) is 21.7. The molecule has 3 nitrogen and oxygen atoms in total. The van der Waals surface area contributed by atoms with E-state index in [1.165, 1.54) is 22.3 Å². The highest BCUT2D eigenvalue weighted by molar-refractivity contribution is 9.10. The minimum absolute atomic E-state index is 0.338. The van der Waals surface area contributed by atoms with Gasteiger partial charge in [0.05, 0.1) is 0 Å². The average molecular weight is 545 g/mol. The average Bonchev–Trinajstić information content (AvgIpc) is 2.87. The van der Waals surface area contributed by atoms with Gasteiger partial charge in [0.2, 0.25) is 0 Å². The van der Waals surface area contributed by atoms with Crippen molar-refractivity contribution < 1.29 is 14.6 Å². The maximum Gasteiger partial charge on any atom is 0.341 e. The van der Waals surface area contributed by atoms with Crippen molar-refractivity contribution >= 4 is 39.2 Å². The van der Waals surface area contributed by atoms with Crippen molar-refractivity contribution in [2.75, 3.05) is 12.4 Å². The van der Waals surface area contributed by atoms with Crippen molar-refractivity contribution in [3.8, 4) is 16.9 Å². The van der Waals surface area contributed by atoms with Crippen LogP contribution >= 0.6 is 27.7 Å². The molecule has 0 unspecified atom stereocenters. The fourth-order valence-electron chi connectivity index (χ4n) is 3.74. The number of thioether (sulfide) groups is 1. The molecule has 0 fully saturated rings. The number of aryl methyl sites for hydroxylation is 1. The lowest BCUT2D eigenvalue weighted by molar-refractivity contribution is -0.139. The van der Waals surface area contributed by atoms with Crippen LogP contribution in [0.5, 0.6) is 5.75 Å². The van der Waals surface area contributed by atoms with Crippen LogP contribution in [-0.2, 0) is 4.79 Å². The molecule has 0 bridgehead atoms. The molecule has 4 rings (SSSR count). The Morgan fingerprint density at radius 3 is 2.14 bits per heavy atom. The predicted molar refractivity (Wildman–Crippen MR) is 148 cm³/mol. The SMILES string of the molecule is Cc1cc(SCC=C(c2ccc(Br)cc2)c2ccc(-c3ccccc3)cc2)ccc1OCC(=O)O. The maximum atomic E-state index is 10.8. The molecule has 0 radical (unpaired) electrons. The number of carbonyl (C=O) groups is 1. The number of carboxylic acids is 1. The molecule has 0 atom stereocenters. The highest BCUT2D eigenvalue weighted by Crippen LogP contribution is 2.30. The van der Waals surface area contributed by atoms with E-state index in [0.717, 1.165) is 26.2 Å². The van der Waals surface area contributed by atoms with Gasteiger partial charge in [-0.2, -0.15) is 0 Å². The molecule has 0 amide bonds. The Balaban J connectivity index is 1.54. The van der Waals surface area contributed by atoms with Crippen LogP contribution in [0.1, 0.15) is 16.7 Å². The number of aliphatic carboxylic acids is 1. The molecule has 0 saturated heterocycles. The van der Waals surface area contributed by atoms with Gasteiger partial charge in [0, 0.05) is 15.1 Å². The van der Waals surface area contributed by atoms with E-state index in [9.17, 15) is 4.79 Å². The Hall–Kier alpha value is -3.28. The van der Waals surface area contributed by atoms with Gasteiger partial charge in [-0.15, -0.1) is 11.8 Å². The summed E-state index contributed by atoms with van der Waals surface area (Å²) in [5.74, 6) is 0.409. The highest BCUT2D eigenvalue weighted by atomic mass is 79.9. The highest BCUT2D eigenvalue weighted by Gasteiger charge is 2.08. The largest absolute Gasteiger partial charge is 0.482 e. The summed E-state index contributed by atoms with van der Waals surface area (Å²) in [6.45, 7) is 1.59. The lowest BCUT2D eigenvalue weighted by Crippen LogP contribution is -2.09. The first-order valence-electron chi connectivity index (χ1n) is 11.2. The first-order chi connectivity index (χ1) is 17.0. The third-order valence-electron chi connectivity index (χ3n) is 5.49. The monoisotopic (exact) mass is 544 g/mol. The number of benzene rings is 4. The quantitative estimate of drug-likeness (QED) is 0.216. The van der Waals surface area contributed by atoms with E-state index in [0.29, 0.717) is 5.75 Å². The molecule has 0 heterocycles. The van der Waals surface area contributed by atoms with Crippen molar-refractivity contribution in [2.45, 2.75) is 11.8 Å². The van der Waals surface area contributed by atoms with E-state index in [1.807, 2.05) is 31.2 Å². The molecule has 1 N–H and O–H groups in total. The third kappa shape index (κ3) is 6.87. The zero-order chi connectivity index (χ0) is 24.6. The van der Waals surface area contributed by atoms with E-state index < -0.39 is 5.97 Å². The Kier molecular flexibility index (Phi) is 8.45. The summed E-state index contributed by atoms with van der Waals surface area (Å²) >= 11 is 5.27. The summed E-state index contributed by atoms with van der Waals surface area (Å²) in [6.07, 6.45) is 2.26. The first kappa shape index (κ1) is 24.8. The molecule has 0 aliphatic heterocycles. The van der Waals surface area contributed by atoms with Crippen molar-refractivity contribution in [3.05, 3.63) is 124 Å². The second kappa shape index (κ2) is 11.9. The van der Waals surface area contributed by atoms with E-state index in [-0.39, 0.29) is 6.61 Å². The normalized spacial score (nSPS) is 11.3. The molecule has 35 heavy (non-hydrogen) atoms. The van der Waals surface area contributed by atoms with Crippen LogP contribution in [0.3, 0.4) is 0 Å². The standard InChI is InChI=1S/C30H25BrO3S/c1-21-19-27(15-16-29(21)34-20-30(32)33)35-18-17-28(25-11-13-26(31)14-12-25)24-9-7-23(8-10-24)22-5-3-2-4-6-22/h2-17,19H,18,20H2,1H3,(H,32,33). The van der Waals surface area contributed by atoms with Gasteiger partial charge >= 0.3 is 5.97 Å². The Labute approximate surface area is 218 Å². The summed E-state index contributed by atoms with van der Waals surface area (Å²) in [5, 5.41) is 8.83. The lowest BCUT2D eigenvalue weighted by Gasteiger charge is -2.11. The number of ether oxygens (including phenoxy) is 1. The minimum Gasteiger partial charge on any atom is -0.482 e. The van der Waals surface area contributed by atoms with Gasteiger partial charge in [0.1, 0.15) is 5.75 Å². The summed E-state index contributed by atoms with van der Waals surface area (Å²) in [7, 11) is 0. The number of carboxylic acid groups (broad SMARTS) is 1. The number of halogens is 1. The van der Waals surface area contributed by atoms with Gasteiger partial charge in [-0.25, -0.2) is 4.79 Å². The molecule has 4 aromatic carbocycles. The molecule has 0 saturated carbocycles. The first-order valence-corrected chi connectivity index (χ1v) is 13.0. The summed E-state index contributed by atoms with van der Waals surface area (Å²) in [5.41, 5.74) is 6.83. The predicted octanol–water partition coefficient (Wildman–Crippen LogP) is 8.11. The van der Waals surface area contributed by atoms with E-state index in [1.54, 1.807) is 11.8 Å². The van der Waals surface area contributed by atoms with Crippen LogP contribution in [-0.4, -0.2) is 23.4 Å². The van der Waals surface area contributed by atoms with Crippen LogP contribution in [0.25, 0.3) is 16.7 Å². The number of hydrogen-bond donors (Lipinski definition) is 1. The second-order valence-electron chi connectivity index (χ2n) is 7.99. The van der Waals surface area contributed by atoms with Gasteiger partial charge in [-0.3, -0.25) is 0 Å². The van der Waals surface area contributed by atoms with Crippen molar-refractivity contribution in [2.24, 2.45) is 0 Å². The summed E-state index contributed by atoms with van der Waals surface area (Å²) < 4.78 is 6.39. The van der Waals surface area contributed by atoms with Crippen LogP contribution < -0.4 is 4.74 Å². The van der Waals surface area contributed by atoms with Crippen molar-refractivity contribution in [1.29, 1.82) is 0 Å². The van der Waals surface area contributed by atoms with Crippen LogP contribution in [0.4, 0.5) is 0 Å². The van der Waals surface area contributed by atoms with Gasteiger partial charge < -0.3 is 9.84 Å². The Morgan fingerprint density at radius 2 is 1.51 bits per heavy atom. The molecule has 4 aromatic rings. The van der Waals surface area contributed by atoms with E-state index >= 15 is 0 Å². The van der Waals surface area contributed by atoms with Gasteiger partial charge in [-0.05, 0) is 70.6 Å². The smallest absolute Gasteiger partial charge is 0.341 e. The lowest BCUT2D eigenvalue weighted by atomic mass is 9.95. The fraction of sp³-hybridized carbons (Fsp3) is 0.100. The minimum atomic E-state index is -0.981. The molecule has 0 aliphatic carbocycles. The zero-order valence-electron chi connectivity index (χ0n) is 19.3. The van der Waals surface area contributed by atoms with Gasteiger partial charge in [-0.1, -0.05) is 88.7 Å². The number of hydrogen-bond acceptors (Lipinski definition) is 3. The third-order valence-corrected chi connectivity index (χ3v) is 6.94. The second-order valence-corrected chi connectivity index (χ2v) is 10.00. The molecule has 0 spiro atoms. The number of rotatable bonds is 9. The van der Waals surface area contributed by atoms with E-state index in [2.05, 4.69) is 94.8 Å². The Bertz CT molecular complexity index is 1310. The van der Waals surface area contributed by atoms with Crippen LogP contribution in [0, 0.1) is 6.92 Å². The molecular formula is C30H25BrO3S. The molecule has 0 aromatic heterocycles. The molecule has 176 valence electrons. The van der Waals surface area contributed by atoms with Crippen molar-refractivity contribution in [1.82, 2.24) is 0 Å². The molecule has 0 aliphatic rings. The maximum absolute atomic E-state index is 10.8. The summed E-state index contributed by atoms with van der Waals surface area (Å²) in [4.78, 5) is 11.9. The van der Waals surface area contributed by atoms with Crippen molar-refractivity contribution in [3.63, 3.8) is 0 Å². The fourth-order valence-corrected chi connectivity index (χ4v) is 4.87. The van der Waals surface area contributed by atoms with Crippen LogP contribution in [0.2, 0.25) is 0 Å². The molecular weight excluding hydrogens is 520 g/mol. The van der Waals surface area contributed by atoms with Crippen LogP contribution in [0.15, 0.2) is 113 Å². The Morgan fingerprint density at radius 1 is 0.886 bits per heavy atom.